The summed E-state index contributed by atoms with van der Waals surface area (Å²) < 4.78 is 36.1. The number of nitrogens with one attached hydrogen (secondary N) is 6. The van der Waals surface area contributed by atoms with Crippen LogP contribution in [-0.4, -0.2) is 169 Å². The van der Waals surface area contributed by atoms with E-state index >= 15 is 4.39 Å². The van der Waals surface area contributed by atoms with Crippen molar-refractivity contribution in [3.63, 3.8) is 0 Å². The molecule has 12 atom stereocenters. The highest BCUT2D eigenvalue weighted by atomic mass is 32.1. The van der Waals surface area contributed by atoms with Crippen LogP contribution in [0.3, 0.4) is 0 Å². The number of nitrogens with two attached hydrogens (primary N) is 2. The van der Waals surface area contributed by atoms with E-state index in [4.69, 9.17) is 30.4 Å². The molecule has 12 rings (SSSR count). The van der Waals surface area contributed by atoms with Crippen LogP contribution in [-0.2, 0) is 30.6 Å². The van der Waals surface area contributed by atoms with Gasteiger partial charge in [0.15, 0.2) is 6.23 Å². The summed E-state index contributed by atoms with van der Waals surface area (Å²) in [4.78, 5) is 94.8. The Morgan fingerprint density at radius 3 is 2.47 bits per heavy atom. The lowest BCUT2D eigenvalue weighted by molar-refractivity contribution is -0.162. The Hall–Kier alpha value is -9.68. The largest absolute Gasteiger partial charge is 0.487 e. The number of carbonyl (C=O) groups is 6. The molecule has 4 saturated heterocycles. The van der Waals surface area contributed by atoms with E-state index in [9.17, 15) is 39.0 Å². The quantitative estimate of drug-likeness (QED) is 0.0129. The molecule has 0 radical (unpaired) electrons. The van der Waals surface area contributed by atoms with Crippen LogP contribution in [0.1, 0.15) is 144 Å². The Bertz CT molecular complexity index is 4230. The van der Waals surface area contributed by atoms with Crippen LogP contribution in [0.2, 0.25) is 0 Å². The predicted molar refractivity (Wildman–Crippen MR) is 384 cm³/mol. The number of carboxylic acid groups (broad SMARTS) is 1. The van der Waals surface area contributed by atoms with Gasteiger partial charge in [-0.2, -0.15) is 5.10 Å². The molecule has 4 aliphatic heterocycles. The molecule has 546 valence electrons. The minimum atomic E-state index is -1.61. The number of amides is 5. The average Bonchev–Trinajstić information content (AvgIpc) is 1.75. The zero-order valence-electron chi connectivity index (χ0n) is 58.8. The van der Waals surface area contributed by atoms with Crippen LogP contribution in [0.4, 0.5) is 26.2 Å². The molecule has 7 aromatic rings. The molecule has 29 heteroatoms. The van der Waals surface area contributed by atoms with Gasteiger partial charge in [0.2, 0.25) is 23.6 Å². The van der Waals surface area contributed by atoms with Crippen molar-refractivity contribution in [2.24, 2.45) is 17.1 Å². The standard InChI is InChI=1S/C74H91FN16O11S/c1-40(2)62(69(95)90-35-52(93)31-58(90)68(94)83-42(4)45-13-15-46(16-14-45)67-43(5)81-39-103-67)60-32-56(88-102-60)41(3)73(7)38-78-27-28-91(73)44(6)101-61-29-47(21-25-79-61)66-55-19-17-49(84-55)34-89(66)57-22-26-82-87-65(57)63-53(75)18-20-59(64(63)76)100-37-48-11-8-9-12-54(48)85-50(33-80-72(77)99)30-51(36-92)86-70(96)74(71(97)98)23-10-24-74/h8-9,11-16,18,20-22,25-26,29,32,36,39-42,44,49-52,55,58,62,66,78,84-85,93H,10,17,19,23-24,27-28,30-31,33-35,37-38,76H2,1-7H3,(H,83,94)(H,86,96)(H,97,98)(H3,77,80,99)/t41-,42-,44+,49-,50-,51-,52+,55-,58-,62+,66-,73-/m0/s1. The predicted octanol–water partition coefficient (Wildman–Crippen LogP) is 7.49. The number of hydrogen-bond acceptors (Lipinski definition) is 22. The number of carbonyl (C=O) groups excluding carboxylic acids is 5. The Morgan fingerprint density at radius 1 is 0.961 bits per heavy atom. The number of nitrogen functional groups attached to an aromatic ring is 1. The molecule has 1 saturated carbocycles. The van der Waals surface area contributed by atoms with Crippen molar-refractivity contribution in [3.8, 4) is 33.3 Å². The van der Waals surface area contributed by atoms with Gasteiger partial charge in [-0.05, 0) is 113 Å². The fourth-order valence-corrected chi connectivity index (χ4v) is 16.3. The minimum absolute atomic E-state index is 0.000729. The van der Waals surface area contributed by atoms with Crippen molar-refractivity contribution in [2.45, 2.75) is 172 Å². The number of aryl methyl sites for hydroxylation is 1. The van der Waals surface area contributed by atoms with Gasteiger partial charge >= 0.3 is 12.0 Å². The Morgan fingerprint density at radius 2 is 1.75 bits per heavy atom. The Kier molecular flexibility index (Phi) is 22.1. The lowest BCUT2D eigenvalue weighted by Gasteiger charge is -2.50. The molecule has 0 spiro atoms. The summed E-state index contributed by atoms with van der Waals surface area (Å²) in [5.41, 5.74) is 18.3. The van der Waals surface area contributed by atoms with Crippen LogP contribution < -0.4 is 57.7 Å². The highest BCUT2D eigenvalue weighted by Crippen LogP contribution is 2.47. The van der Waals surface area contributed by atoms with Gasteiger partial charge < -0.3 is 82.2 Å². The van der Waals surface area contributed by atoms with Gasteiger partial charge in [0, 0.05) is 105 Å². The van der Waals surface area contributed by atoms with Gasteiger partial charge in [0.05, 0.1) is 69.1 Å². The molecule has 103 heavy (non-hydrogen) atoms. The summed E-state index contributed by atoms with van der Waals surface area (Å²) in [5, 5.41) is 53.3. The molecule has 0 unspecified atom stereocenters. The van der Waals surface area contributed by atoms with Crippen molar-refractivity contribution in [1.29, 1.82) is 0 Å². The van der Waals surface area contributed by atoms with E-state index in [0.717, 1.165) is 40.1 Å². The van der Waals surface area contributed by atoms with Crippen molar-refractivity contribution in [3.05, 3.63) is 142 Å². The van der Waals surface area contributed by atoms with Crippen LogP contribution in [0.25, 0.3) is 21.7 Å². The number of β-amino-alcohol motifs (C(OH)–C–C–N with tert-alkyl or cyclic N) is 1. The van der Waals surface area contributed by atoms with Gasteiger partial charge in [-0.1, -0.05) is 74.8 Å². The minimum Gasteiger partial charge on any atom is -0.487 e. The topological polar surface area (TPSA) is 373 Å². The summed E-state index contributed by atoms with van der Waals surface area (Å²) in [6, 6.07) is 21.2. The first-order chi connectivity index (χ1) is 49.4. The highest BCUT2D eigenvalue weighted by Gasteiger charge is 2.52. The van der Waals surface area contributed by atoms with Crippen molar-refractivity contribution >= 4 is 64.4 Å². The third-order valence-corrected chi connectivity index (χ3v) is 22.4. The molecule has 4 aromatic heterocycles. The number of aliphatic carboxylic acids is 1. The number of piperazine rings is 2. The first kappa shape index (κ1) is 73.1. The monoisotopic (exact) mass is 1430 g/mol. The zero-order valence-corrected chi connectivity index (χ0v) is 59.6. The van der Waals surface area contributed by atoms with E-state index in [0.29, 0.717) is 73.2 Å². The second-order valence-corrected chi connectivity index (χ2v) is 29.3. The second kappa shape index (κ2) is 31.1. The number of aliphatic hydroxyl groups excluding tert-OH is 1. The number of benzene rings is 3. The number of primary amides is 1. The molecule has 2 bridgehead atoms. The van der Waals surface area contributed by atoms with E-state index in [1.54, 1.807) is 48.0 Å². The number of para-hydroxylation sites is 1. The van der Waals surface area contributed by atoms with E-state index in [1.165, 1.54) is 17.0 Å². The summed E-state index contributed by atoms with van der Waals surface area (Å²) in [6.45, 7) is 16.2. The number of thiazole rings is 1. The second-order valence-electron chi connectivity index (χ2n) is 28.5. The maximum Gasteiger partial charge on any atom is 0.319 e. The summed E-state index contributed by atoms with van der Waals surface area (Å²) in [5.74, 6) is -3.75. The third-order valence-electron chi connectivity index (χ3n) is 21.5. The maximum atomic E-state index is 16.7. The molecular weight excluding hydrogens is 1340 g/mol. The van der Waals surface area contributed by atoms with Crippen LogP contribution in [0, 0.1) is 24.1 Å². The number of carboxylic acids is 1. The third kappa shape index (κ3) is 15.4. The number of rotatable bonds is 28. The number of aliphatic hydroxyl groups is 1. The fourth-order valence-electron chi connectivity index (χ4n) is 15.5. The first-order valence-electron chi connectivity index (χ1n) is 35.2. The molecule has 27 nitrogen and oxygen atoms in total. The fraction of sp³-hybridized carbons (Fsp3) is 0.473. The smallest absolute Gasteiger partial charge is 0.319 e. The molecule has 3 aromatic carbocycles. The number of anilines is 3. The number of halogens is 1. The van der Waals surface area contributed by atoms with Crippen LogP contribution in [0.5, 0.6) is 11.6 Å². The number of aromatic nitrogens is 5. The lowest BCUT2D eigenvalue weighted by atomic mass is 9.68. The normalized spacial score (nSPS) is 22.6. The SMILES string of the molecule is Cc1ncsc1-c1ccc([C@H](C)NC(=O)[C@@H]2C[C@@H](O)CN2C(=O)[C@@H](c2cc([C@H](C)[C@]3(C)CNCCN3[C@@H](C)Oc3cc([C@H]4[C@@H]5CC[C@@H](CN4c4ccnnc4-c4c(F)ccc(OCc6ccccc6N[C@H](CNC(N)=O)C[C@@H](C=O)NC(=O)C6(C(=O)O)CCC6)c4N)N5)ccn3)no2)C(C)C)cc1. The average molecular weight is 1430 g/mol. The highest BCUT2D eigenvalue weighted by molar-refractivity contribution is 7.13. The molecule has 12 N–H and O–H groups in total. The van der Waals surface area contributed by atoms with Crippen LogP contribution in [0.15, 0.2) is 107 Å². The van der Waals surface area contributed by atoms with Gasteiger partial charge in [-0.3, -0.25) is 24.1 Å². The Labute approximate surface area is 600 Å². The van der Waals surface area contributed by atoms with E-state index < -0.39 is 71.1 Å². The van der Waals surface area contributed by atoms with E-state index in [-0.39, 0.29) is 116 Å². The van der Waals surface area contributed by atoms with Gasteiger partial charge in [-0.15, -0.1) is 16.4 Å². The molecular formula is C74H91FN16O11S. The van der Waals surface area contributed by atoms with Crippen molar-refractivity contribution in [1.82, 2.24) is 61.7 Å². The number of pyridine rings is 1. The molecule has 8 heterocycles. The maximum absolute atomic E-state index is 16.7. The summed E-state index contributed by atoms with van der Waals surface area (Å²) >= 11 is 1.57. The van der Waals surface area contributed by atoms with Crippen molar-refractivity contribution < 1.29 is 57.4 Å². The Balaban J connectivity index is 0.727. The summed E-state index contributed by atoms with van der Waals surface area (Å²) in [7, 11) is 0. The summed E-state index contributed by atoms with van der Waals surface area (Å²) in [6.07, 6.45) is 5.09. The van der Waals surface area contributed by atoms with E-state index in [1.807, 2.05) is 88.7 Å². The first-order valence-corrected chi connectivity index (χ1v) is 36.1. The number of hydrogen-bond donors (Lipinski definition) is 10. The van der Waals surface area contributed by atoms with Crippen molar-refractivity contribution in [2.75, 3.05) is 55.2 Å². The number of ether oxygens (including phenoxy) is 2. The number of urea groups is 1. The molecule has 5 fully saturated rings. The van der Waals surface area contributed by atoms with Gasteiger partial charge in [0.1, 0.15) is 53.3 Å². The molecule has 5 amide bonds. The van der Waals surface area contributed by atoms with E-state index in [2.05, 4.69) is 75.9 Å². The van der Waals surface area contributed by atoms with Crippen LogP contribution >= 0.6 is 11.3 Å². The number of fused-ring (bicyclic) bond motifs is 2. The lowest BCUT2D eigenvalue weighted by Crippen LogP contribution is -2.65. The van der Waals surface area contributed by atoms with Gasteiger partial charge in [-0.25, -0.2) is 19.2 Å². The number of nitrogens with zero attached hydrogens (tertiary/aromatic N) is 8. The number of likely N-dealkylation sites (tertiary alicyclic amines) is 1. The molecule has 1 aliphatic carbocycles. The zero-order chi connectivity index (χ0) is 73.0. The molecule has 5 aliphatic rings. The number of aldehydes is 1. The van der Waals surface area contributed by atoms with Gasteiger partial charge in [0.25, 0.3) is 0 Å².